The normalized spacial score (nSPS) is 15.2. The highest BCUT2D eigenvalue weighted by Crippen LogP contribution is 2.30. The number of amides is 2. The summed E-state index contributed by atoms with van der Waals surface area (Å²) < 4.78 is 1.67. The Morgan fingerprint density at radius 1 is 1.04 bits per heavy atom. The number of aliphatic hydroxyl groups excluding tert-OH is 1. The summed E-state index contributed by atoms with van der Waals surface area (Å²) in [7, 11) is 0. The molecule has 28 heavy (non-hydrogen) atoms. The van der Waals surface area contributed by atoms with Crippen LogP contribution in [0.2, 0.25) is 0 Å². The van der Waals surface area contributed by atoms with Crippen LogP contribution in [0.5, 0.6) is 0 Å². The number of aliphatic hydroxyl groups is 1. The van der Waals surface area contributed by atoms with Gasteiger partial charge in [0.15, 0.2) is 0 Å². The van der Waals surface area contributed by atoms with Gasteiger partial charge in [-0.25, -0.2) is 4.79 Å². The van der Waals surface area contributed by atoms with Crippen LogP contribution in [0.15, 0.2) is 34.1 Å². The van der Waals surface area contributed by atoms with Gasteiger partial charge in [-0.05, 0) is 37.8 Å². The van der Waals surface area contributed by atoms with Crippen molar-refractivity contribution < 1.29 is 14.7 Å². The molecule has 1 N–H and O–H groups in total. The first-order valence-corrected chi connectivity index (χ1v) is 10.4. The van der Waals surface area contributed by atoms with E-state index < -0.39 is 0 Å². The number of nitrogens with zero attached hydrogens (tertiary/aromatic N) is 3. The van der Waals surface area contributed by atoms with Gasteiger partial charge in [0.05, 0.1) is 11.1 Å². The van der Waals surface area contributed by atoms with E-state index in [1.807, 2.05) is 0 Å². The van der Waals surface area contributed by atoms with Crippen molar-refractivity contribution in [3.8, 4) is 0 Å². The Balaban J connectivity index is 1.47. The van der Waals surface area contributed by atoms with Crippen LogP contribution in [0.25, 0.3) is 0 Å². The molecule has 1 aromatic heterocycles. The summed E-state index contributed by atoms with van der Waals surface area (Å²) in [5.74, 6) is -0.0389. The summed E-state index contributed by atoms with van der Waals surface area (Å²) in [5.41, 5.74) is 2.70. The molecule has 1 aliphatic carbocycles. The molecule has 0 saturated heterocycles. The maximum atomic E-state index is 12.4. The molecule has 2 aliphatic rings. The van der Waals surface area contributed by atoms with Crippen molar-refractivity contribution in [2.24, 2.45) is 0 Å². The predicted molar refractivity (Wildman–Crippen MR) is 105 cm³/mol. The highest BCUT2D eigenvalue weighted by Gasteiger charge is 2.34. The molecule has 0 spiro atoms. The number of benzene rings is 1. The van der Waals surface area contributed by atoms with Gasteiger partial charge in [-0.2, -0.15) is 4.98 Å². The Labute approximate surface area is 166 Å². The van der Waals surface area contributed by atoms with Crippen LogP contribution in [0.3, 0.4) is 0 Å². The third-order valence-electron chi connectivity index (χ3n) is 5.17. The van der Waals surface area contributed by atoms with E-state index in [1.165, 1.54) is 16.7 Å². The van der Waals surface area contributed by atoms with Crippen molar-refractivity contribution in [1.29, 1.82) is 0 Å². The van der Waals surface area contributed by atoms with Gasteiger partial charge in [-0.1, -0.05) is 12.1 Å². The van der Waals surface area contributed by atoms with Gasteiger partial charge in [0.1, 0.15) is 5.03 Å². The summed E-state index contributed by atoms with van der Waals surface area (Å²) in [5, 5.41) is 9.75. The number of fused-ring (bicyclic) bond motifs is 2. The summed E-state index contributed by atoms with van der Waals surface area (Å²) in [6, 6.07) is 6.84. The second-order valence-electron chi connectivity index (χ2n) is 6.86. The Bertz CT molecular complexity index is 966. The standard InChI is InChI=1S/C20H21N3O4S/c24-11-4-9-22-16-8-3-7-15(16)17(21-20(22)27)28-12-10-23-18(25)13-5-1-2-6-14(13)19(23)26/h1-2,5-6,24H,3-4,7-12H2. The van der Waals surface area contributed by atoms with Gasteiger partial charge in [-0.15, -0.1) is 11.8 Å². The monoisotopic (exact) mass is 399 g/mol. The van der Waals surface area contributed by atoms with Crippen molar-refractivity contribution in [2.75, 3.05) is 18.9 Å². The van der Waals surface area contributed by atoms with Crippen LogP contribution in [-0.2, 0) is 19.4 Å². The molecule has 1 aromatic carbocycles. The lowest BCUT2D eigenvalue weighted by Gasteiger charge is -2.15. The van der Waals surface area contributed by atoms with Crippen LogP contribution in [0.1, 0.15) is 44.8 Å². The molecule has 7 nitrogen and oxygen atoms in total. The van der Waals surface area contributed by atoms with Crippen molar-refractivity contribution in [1.82, 2.24) is 14.5 Å². The van der Waals surface area contributed by atoms with Crippen LogP contribution >= 0.6 is 11.8 Å². The summed E-state index contributed by atoms with van der Waals surface area (Å²) in [4.78, 5) is 42.8. The van der Waals surface area contributed by atoms with Crippen LogP contribution < -0.4 is 5.69 Å². The van der Waals surface area contributed by atoms with Crippen molar-refractivity contribution in [3.63, 3.8) is 0 Å². The van der Waals surface area contributed by atoms with E-state index in [2.05, 4.69) is 4.98 Å². The number of aromatic nitrogens is 2. The van der Waals surface area contributed by atoms with E-state index in [0.29, 0.717) is 34.9 Å². The van der Waals surface area contributed by atoms with Gasteiger partial charge < -0.3 is 5.11 Å². The first-order valence-electron chi connectivity index (χ1n) is 9.43. The third-order valence-corrected chi connectivity index (χ3v) is 6.17. The maximum absolute atomic E-state index is 12.4. The van der Waals surface area contributed by atoms with Crippen LogP contribution in [-0.4, -0.2) is 50.3 Å². The Morgan fingerprint density at radius 3 is 2.43 bits per heavy atom. The zero-order valence-corrected chi connectivity index (χ0v) is 16.2. The van der Waals surface area contributed by atoms with Gasteiger partial charge in [0.25, 0.3) is 11.8 Å². The topological polar surface area (TPSA) is 92.5 Å². The fourth-order valence-corrected chi connectivity index (χ4v) is 4.84. The largest absolute Gasteiger partial charge is 0.396 e. The molecule has 0 bridgehead atoms. The second-order valence-corrected chi connectivity index (χ2v) is 7.95. The van der Waals surface area contributed by atoms with Gasteiger partial charge >= 0.3 is 5.69 Å². The third kappa shape index (κ3) is 3.27. The number of hydrogen-bond donors (Lipinski definition) is 1. The summed E-state index contributed by atoms with van der Waals surface area (Å²) in [6.07, 6.45) is 3.22. The number of imide groups is 1. The van der Waals surface area contributed by atoms with Crippen LogP contribution in [0, 0.1) is 0 Å². The first kappa shape index (κ1) is 18.9. The highest BCUT2D eigenvalue weighted by atomic mass is 32.2. The van der Waals surface area contributed by atoms with Crippen molar-refractivity contribution in [3.05, 3.63) is 57.1 Å². The number of thioether (sulfide) groups is 1. The minimum absolute atomic E-state index is 0.0397. The lowest BCUT2D eigenvalue weighted by atomic mass is 10.1. The molecule has 146 valence electrons. The molecule has 0 fully saturated rings. The Morgan fingerprint density at radius 2 is 1.75 bits per heavy atom. The van der Waals surface area contributed by atoms with Crippen molar-refractivity contribution >= 4 is 23.6 Å². The second kappa shape index (κ2) is 7.89. The average Bonchev–Trinajstić information content (AvgIpc) is 3.27. The molecule has 0 atom stereocenters. The molecule has 2 aromatic rings. The van der Waals surface area contributed by atoms with E-state index in [4.69, 9.17) is 5.11 Å². The number of rotatable bonds is 7. The Hall–Kier alpha value is -2.45. The molecule has 2 amide bonds. The predicted octanol–water partition coefficient (Wildman–Crippen LogP) is 1.50. The number of carbonyl (C=O) groups is 2. The Kier molecular flexibility index (Phi) is 5.32. The lowest BCUT2D eigenvalue weighted by Crippen LogP contribution is -2.32. The zero-order chi connectivity index (χ0) is 19.7. The SMILES string of the molecule is O=C1c2ccccc2C(=O)N1CCSc1nc(=O)n(CCCO)c2c1CCC2. The molecule has 0 radical (unpaired) electrons. The molecule has 4 rings (SSSR count). The van der Waals surface area contributed by atoms with Gasteiger partial charge in [0.2, 0.25) is 0 Å². The smallest absolute Gasteiger partial charge is 0.348 e. The van der Waals surface area contributed by atoms with Gasteiger partial charge in [-0.3, -0.25) is 19.1 Å². The quantitative estimate of drug-likeness (QED) is 0.431. The summed E-state index contributed by atoms with van der Waals surface area (Å²) >= 11 is 1.42. The van der Waals surface area contributed by atoms with E-state index >= 15 is 0 Å². The summed E-state index contributed by atoms with van der Waals surface area (Å²) in [6.45, 7) is 0.795. The molecule has 2 heterocycles. The molecule has 0 saturated carbocycles. The zero-order valence-electron chi connectivity index (χ0n) is 15.4. The molecular weight excluding hydrogens is 378 g/mol. The first-order chi connectivity index (χ1) is 13.6. The maximum Gasteiger partial charge on any atom is 0.348 e. The lowest BCUT2D eigenvalue weighted by molar-refractivity contribution is 0.0664. The number of carbonyl (C=O) groups excluding carboxylic acids is 2. The molecule has 0 unspecified atom stereocenters. The minimum atomic E-state index is -0.294. The fourth-order valence-electron chi connectivity index (χ4n) is 3.84. The fraction of sp³-hybridized carbons (Fsp3) is 0.400. The van der Waals surface area contributed by atoms with Crippen molar-refractivity contribution in [2.45, 2.75) is 37.3 Å². The molecular formula is C20H21N3O4S. The molecule has 1 aliphatic heterocycles. The molecule has 8 heteroatoms. The van der Waals surface area contributed by atoms with Gasteiger partial charge in [0, 0.05) is 36.7 Å². The number of hydrogen-bond acceptors (Lipinski definition) is 6. The average molecular weight is 399 g/mol. The highest BCUT2D eigenvalue weighted by molar-refractivity contribution is 7.99. The van der Waals surface area contributed by atoms with E-state index in [1.54, 1.807) is 28.8 Å². The van der Waals surface area contributed by atoms with E-state index in [-0.39, 0.29) is 30.7 Å². The minimum Gasteiger partial charge on any atom is -0.396 e. The van der Waals surface area contributed by atoms with E-state index in [9.17, 15) is 14.4 Å². The van der Waals surface area contributed by atoms with E-state index in [0.717, 1.165) is 30.5 Å². The van der Waals surface area contributed by atoms with Crippen LogP contribution in [0.4, 0.5) is 0 Å².